The molecular weight excluding hydrogens is 236 g/mol. The summed E-state index contributed by atoms with van der Waals surface area (Å²) in [4.78, 5) is 11.7. The van der Waals surface area contributed by atoms with Crippen molar-refractivity contribution in [2.24, 2.45) is 0 Å². The Morgan fingerprint density at radius 1 is 1.19 bits per heavy atom. The Labute approximate surface area is 104 Å². The number of carbonyl (C=O) groups excluding carboxylic acids is 1. The molecule has 1 nitrogen and oxygen atoms in total. The molecule has 0 bridgehead atoms. The molecule has 0 atom stereocenters. The monoisotopic (exact) mass is 248 g/mol. The number of benzene rings is 1. The van der Waals surface area contributed by atoms with E-state index < -0.39 is 0 Å². The maximum atomic E-state index is 10.5. The molecule has 3 heteroatoms. The molecule has 82 valence electrons. The molecule has 2 aromatic rings. The molecule has 0 spiro atoms. The van der Waals surface area contributed by atoms with Crippen LogP contribution in [0.5, 0.6) is 0 Å². The maximum Gasteiger partial charge on any atom is 0.150 e. The Balaban J connectivity index is 1.83. The Hall–Kier alpha value is -1.06. The minimum Gasteiger partial charge on any atom is -0.298 e. The van der Waals surface area contributed by atoms with E-state index in [1.165, 1.54) is 10.5 Å². The van der Waals surface area contributed by atoms with E-state index in [2.05, 4.69) is 16.8 Å². The third kappa shape index (κ3) is 3.22. The summed E-state index contributed by atoms with van der Waals surface area (Å²) >= 11 is 3.57. The number of aryl methyl sites for hydroxylation is 1. The van der Waals surface area contributed by atoms with Crippen LogP contribution in [0.3, 0.4) is 0 Å². The molecule has 16 heavy (non-hydrogen) atoms. The second-order valence-corrected chi connectivity index (χ2v) is 5.37. The van der Waals surface area contributed by atoms with Crippen LogP contribution in [0.25, 0.3) is 0 Å². The van der Waals surface area contributed by atoms with Crippen LogP contribution in [0.15, 0.2) is 46.0 Å². The smallest absolute Gasteiger partial charge is 0.150 e. The van der Waals surface area contributed by atoms with Crippen molar-refractivity contribution in [3.8, 4) is 0 Å². The van der Waals surface area contributed by atoms with Crippen LogP contribution in [0, 0.1) is 0 Å². The van der Waals surface area contributed by atoms with Gasteiger partial charge in [-0.15, -0.1) is 11.8 Å². The van der Waals surface area contributed by atoms with Crippen LogP contribution >= 0.6 is 23.1 Å². The number of carbonyl (C=O) groups is 1. The molecule has 0 amide bonds. The Morgan fingerprint density at radius 2 is 2.00 bits per heavy atom. The SMILES string of the molecule is O=Cc1ccc(SCCc2ccsc2)cc1. The predicted octanol–water partition coefficient (Wildman–Crippen LogP) is 3.90. The number of rotatable bonds is 5. The summed E-state index contributed by atoms with van der Waals surface area (Å²) in [6, 6.07) is 9.89. The molecule has 0 unspecified atom stereocenters. The van der Waals surface area contributed by atoms with Crippen LogP contribution < -0.4 is 0 Å². The first-order valence-corrected chi connectivity index (χ1v) is 7.00. The summed E-state index contributed by atoms with van der Waals surface area (Å²) in [7, 11) is 0. The second kappa shape index (κ2) is 5.87. The fourth-order valence-electron chi connectivity index (χ4n) is 1.36. The highest BCUT2D eigenvalue weighted by Gasteiger charge is 1.97. The average molecular weight is 248 g/mol. The molecule has 0 saturated heterocycles. The highest BCUT2D eigenvalue weighted by molar-refractivity contribution is 7.99. The highest BCUT2D eigenvalue weighted by Crippen LogP contribution is 2.20. The normalized spacial score (nSPS) is 10.2. The van der Waals surface area contributed by atoms with Gasteiger partial charge in [0.25, 0.3) is 0 Å². The van der Waals surface area contributed by atoms with E-state index in [4.69, 9.17) is 0 Å². The van der Waals surface area contributed by atoms with E-state index in [1.54, 1.807) is 11.3 Å². The van der Waals surface area contributed by atoms with Crippen LogP contribution in [0.2, 0.25) is 0 Å². The van der Waals surface area contributed by atoms with Gasteiger partial charge in [0.05, 0.1) is 0 Å². The summed E-state index contributed by atoms with van der Waals surface area (Å²) in [6.45, 7) is 0. The molecule has 0 fully saturated rings. The van der Waals surface area contributed by atoms with Crippen molar-refractivity contribution < 1.29 is 4.79 Å². The summed E-state index contributed by atoms with van der Waals surface area (Å²) in [5.74, 6) is 1.08. The van der Waals surface area contributed by atoms with Crippen LogP contribution in [-0.4, -0.2) is 12.0 Å². The van der Waals surface area contributed by atoms with Crippen molar-refractivity contribution in [1.82, 2.24) is 0 Å². The third-order valence-electron chi connectivity index (χ3n) is 2.26. The summed E-state index contributed by atoms with van der Waals surface area (Å²) < 4.78 is 0. The lowest BCUT2D eigenvalue weighted by Gasteiger charge is -2.00. The average Bonchev–Trinajstić information content (AvgIpc) is 2.83. The molecule has 1 aromatic heterocycles. The van der Waals surface area contributed by atoms with Gasteiger partial charge in [0.1, 0.15) is 6.29 Å². The largest absolute Gasteiger partial charge is 0.298 e. The van der Waals surface area contributed by atoms with Gasteiger partial charge < -0.3 is 0 Å². The number of aldehydes is 1. The van der Waals surface area contributed by atoms with E-state index in [0.29, 0.717) is 0 Å². The standard InChI is InChI=1S/C13H12OS2/c14-9-11-1-3-13(4-2-11)16-8-6-12-5-7-15-10-12/h1-5,7,9-10H,6,8H2. The van der Waals surface area contributed by atoms with Crippen molar-refractivity contribution in [3.63, 3.8) is 0 Å². The van der Waals surface area contributed by atoms with Crippen LogP contribution in [-0.2, 0) is 6.42 Å². The van der Waals surface area contributed by atoms with Crippen LogP contribution in [0.4, 0.5) is 0 Å². The molecule has 0 aliphatic heterocycles. The van der Waals surface area contributed by atoms with Crippen molar-refractivity contribution in [2.75, 3.05) is 5.75 Å². The lowest BCUT2D eigenvalue weighted by Crippen LogP contribution is -1.85. The molecule has 2 rings (SSSR count). The van der Waals surface area contributed by atoms with Crippen molar-refractivity contribution in [1.29, 1.82) is 0 Å². The lowest BCUT2D eigenvalue weighted by atomic mass is 10.2. The third-order valence-corrected chi connectivity index (χ3v) is 4.00. The predicted molar refractivity (Wildman–Crippen MR) is 70.6 cm³/mol. The van der Waals surface area contributed by atoms with E-state index in [-0.39, 0.29) is 0 Å². The fourth-order valence-corrected chi connectivity index (χ4v) is 2.97. The zero-order valence-corrected chi connectivity index (χ0v) is 10.4. The lowest BCUT2D eigenvalue weighted by molar-refractivity contribution is 0.112. The molecular formula is C13H12OS2. The van der Waals surface area contributed by atoms with Gasteiger partial charge in [-0.05, 0) is 40.9 Å². The van der Waals surface area contributed by atoms with Crippen molar-refractivity contribution in [3.05, 3.63) is 52.2 Å². The molecule has 0 N–H and O–H groups in total. The fraction of sp³-hybridized carbons (Fsp3) is 0.154. The van der Waals surface area contributed by atoms with Crippen molar-refractivity contribution in [2.45, 2.75) is 11.3 Å². The molecule has 1 heterocycles. The maximum absolute atomic E-state index is 10.5. The minimum absolute atomic E-state index is 0.738. The number of hydrogen-bond acceptors (Lipinski definition) is 3. The van der Waals surface area contributed by atoms with Crippen LogP contribution in [0.1, 0.15) is 15.9 Å². The second-order valence-electron chi connectivity index (χ2n) is 3.42. The molecule has 0 aliphatic rings. The molecule has 0 aliphatic carbocycles. The van der Waals surface area contributed by atoms with Gasteiger partial charge in [-0.1, -0.05) is 12.1 Å². The van der Waals surface area contributed by atoms with Crippen molar-refractivity contribution >= 4 is 29.4 Å². The zero-order chi connectivity index (χ0) is 11.2. The van der Waals surface area contributed by atoms with E-state index in [1.807, 2.05) is 36.0 Å². The molecule has 0 saturated carbocycles. The number of thioether (sulfide) groups is 1. The Morgan fingerprint density at radius 3 is 2.62 bits per heavy atom. The van der Waals surface area contributed by atoms with Gasteiger partial charge in [0, 0.05) is 16.2 Å². The van der Waals surface area contributed by atoms with Gasteiger partial charge in [0.15, 0.2) is 0 Å². The Kier molecular flexibility index (Phi) is 4.19. The summed E-state index contributed by atoms with van der Waals surface area (Å²) in [5, 5.41) is 4.30. The number of thiophene rings is 1. The number of hydrogen-bond donors (Lipinski definition) is 0. The first kappa shape index (κ1) is 11.4. The van der Waals surface area contributed by atoms with Gasteiger partial charge in [0.2, 0.25) is 0 Å². The zero-order valence-electron chi connectivity index (χ0n) is 8.76. The summed E-state index contributed by atoms with van der Waals surface area (Å²) in [6.07, 6.45) is 1.98. The van der Waals surface area contributed by atoms with E-state index in [9.17, 15) is 4.79 Å². The van der Waals surface area contributed by atoms with Gasteiger partial charge in [-0.25, -0.2) is 0 Å². The first-order valence-electron chi connectivity index (χ1n) is 5.07. The van der Waals surface area contributed by atoms with E-state index >= 15 is 0 Å². The van der Waals surface area contributed by atoms with Gasteiger partial charge >= 0.3 is 0 Å². The molecule has 1 aromatic carbocycles. The molecule has 0 radical (unpaired) electrons. The topological polar surface area (TPSA) is 17.1 Å². The summed E-state index contributed by atoms with van der Waals surface area (Å²) in [5.41, 5.74) is 2.14. The highest BCUT2D eigenvalue weighted by atomic mass is 32.2. The van der Waals surface area contributed by atoms with Gasteiger partial charge in [-0.3, -0.25) is 4.79 Å². The van der Waals surface area contributed by atoms with Gasteiger partial charge in [-0.2, -0.15) is 11.3 Å². The minimum atomic E-state index is 0.738. The quantitative estimate of drug-likeness (QED) is 0.590. The Bertz CT molecular complexity index is 431. The van der Waals surface area contributed by atoms with E-state index in [0.717, 1.165) is 24.0 Å². The first-order chi connectivity index (χ1) is 7.88.